The summed E-state index contributed by atoms with van der Waals surface area (Å²) in [5.41, 5.74) is 9.08. The summed E-state index contributed by atoms with van der Waals surface area (Å²) in [4.78, 5) is 16.2. The fourth-order valence-electron chi connectivity index (χ4n) is 2.94. The highest BCUT2D eigenvalue weighted by atomic mass is 35.5. The van der Waals surface area contributed by atoms with Crippen LogP contribution in [-0.4, -0.2) is 34.3 Å². The highest BCUT2D eigenvalue weighted by Crippen LogP contribution is 2.32. The molecule has 0 saturated heterocycles. The lowest BCUT2D eigenvalue weighted by Gasteiger charge is -2.27. The minimum atomic E-state index is 0.440. The third-order valence-corrected chi connectivity index (χ3v) is 4.84. The molecule has 0 aliphatic heterocycles. The zero-order chi connectivity index (χ0) is 18.1. The van der Waals surface area contributed by atoms with Crippen LogP contribution in [0, 0.1) is 0 Å². The third kappa shape index (κ3) is 3.17. The molecule has 2 heterocycles. The number of aromatic nitrogens is 3. The first-order chi connectivity index (χ1) is 12.6. The Morgan fingerprint density at radius 2 is 2.19 bits per heavy atom. The number of hydrogen-bond acceptors (Lipinski definition) is 6. The van der Waals surface area contributed by atoms with Gasteiger partial charge >= 0.3 is 0 Å². The van der Waals surface area contributed by atoms with E-state index in [0.717, 1.165) is 35.3 Å². The number of aromatic amines is 1. The molecule has 134 valence electrons. The SMILES string of the molecule is C/N=C\c1ccc(Nc2nc(NC3CCC3)c3c(Cl)c[nH]c3n2)cc1N. The number of nitrogens with zero attached hydrogens (tertiary/aromatic N) is 3. The number of benzene rings is 1. The molecule has 5 N–H and O–H groups in total. The average Bonchev–Trinajstić information content (AvgIpc) is 2.95. The standard InChI is InChI=1S/C18H20ClN7/c1-21-8-10-5-6-12(7-14(10)20)24-18-25-16-15(13(19)9-22-16)17(26-18)23-11-3-2-4-11/h5-9,11H,2-4,20H2,1H3,(H3,22,23,24,25,26)/b21-8-. The molecule has 1 saturated carbocycles. The van der Waals surface area contributed by atoms with Crippen molar-refractivity contribution in [3.8, 4) is 0 Å². The maximum absolute atomic E-state index is 6.30. The molecule has 1 aliphatic rings. The Kier molecular flexibility index (Phi) is 4.38. The first-order valence-corrected chi connectivity index (χ1v) is 8.91. The molecular weight excluding hydrogens is 350 g/mol. The second kappa shape index (κ2) is 6.84. The normalized spacial score (nSPS) is 14.7. The third-order valence-electron chi connectivity index (χ3n) is 4.54. The molecule has 8 heteroatoms. The number of halogens is 1. The smallest absolute Gasteiger partial charge is 0.231 e. The van der Waals surface area contributed by atoms with Crippen LogP contribution in [0.25, 0.3) is 11.0 Å². The Morgan fingerprint density at radius 1 is 1.35 bits per heavy atom. The highest BCUT2D eigenvalue weighted by molar-refractivity contribution is 6.36. The molecule has 0 amide bonds. The van der Waals surface area contributed by atoms with Gasteiger partial charge in [-0.15, -0.1) is 0 Å². The molecular formula is C18H20ClN7. The number of hydrogen-bond donors (Lipinski definition) is 4. The van der Waals surface area contributed by atoms with Crippen molar-refractivity contribution in [2.45, 2.75) is 25.3 Å². The zero-order valence-corrected chi connectivity index (χ0v) is 15.1. The quantitative estimate of drug-likeness (QED) is 0.402. The van der Waals surface area contributed by atoms with Gasteiger partial charge in [-0.2, -0.15) is 9.97 Å². The minimum Gasteiger partial charge on any atom is -0.398 e. The molecule has 0 bridgehead atoms. The lowest BCUT2D eigenvalue weighted by molar-refractivity contribution is 0.445. The van der Waals surface area contributed by atoms with Gasteiger partial charge < -0.3 is 21.4 Å². The molecule has 0 radical (unpaired) electrons. The van der Waals surface area contributed by atoms with Crippen molar-refractivity contribution in [1.29, 1.82) is 0 Å². The summed E-state index contributed by atoms with van der Waals surface area (Å²) in [6.07, 6.45) is 6.99. The predicted octanol–water partition coefficient (Wildman–Crippen LogP) is 3.95. The summed E-state index contributed by atoms with van der Waals surface area (Å²) < 4.78 is 0. The fourth-order valence-corrected chi connectivity index (χ4v) is 3.17. The number of nitrogen functional groups attached to an aromatic ring is 1. The van der Waals surface area contributed by atoms with E-state index in [4.69, 9.17) is 17.3 Å². The van der Waals surface area contributed by atoms with E-state index in [1.165, 1.54) is 6.42 Å². The number of fused-ring (bicyclic) bond motifs is 1. The van der Waals surface area contributed by atoms with Gasteiger partial charge in [-0.1, -0.05) is 11.6 Å². The van der Waals surface area contributed by atoms with Gasteiger partial charge in [0.1, 0.15) is 11.5 Å². The second-order valence-electron chi connectivity index (χ2n) is 6.38. The molecule has 26 heavy (non-hydrogen) atoms. The largest absolute Gasteiger partial charge is 0.398 e. The monoisotopic (exact) mass is 369 g/mol. The van der Waals surface area contributed by atoms with Crippen LogP contribution in [0.15, 0.2) is 29.4 Å². The van der Waals surface area contributed by atoms with Crippen LogP contribution < -0.4 is 16.4 Å². The first-order valence-electron chi connectivity index (χ1n) is 8.54. The van der Waals surface area contributed by atoms with E-state index >= 15 is 0 Å². The van der Waals surface area contributed by atoms with Gasteiger partial charge in [0.25, 0.3) is 0 Å². The molecule has 2 aromatic heterocycles. The topological polar surface area (TPSA) is 104 Å². The van der Waals surface area contributed by atoms with Gasteiger partial charge in [-0.05, 0) is 37.5 Å². The molecule has 0 atom stereocenters. The van der Waals surface area contributed by atoms with E-state index in [9.17, 15) is 0 Å². The Balaban J connectivity index is 1.66. The van der Waals surface area contributed by atoms with Gasteiger partial charge in [-0.3, -0.25) is 4.99 Å². The van der Waals surface area contributed by atoms with Crippen molar-refractivity contribution in [1.82, 2.24) is 15.0 Å². The predicted molar refractivity (Wildman–Crippen MR) is 108 cm³/mol. The van der Waals surface area contributed by atoms with Crippen molar-refractivity contribution in [3.05, 3.63) is 35.0 Å². The maximum atomic E-state index is 6.30. The molecule has 1 aliphatic carbocycles. The van der Waals surface area contributed by atoms with Crippen LogP contribution in [0.1, 0.15) is 24.8 Å². The van der Waals surface area contributed by atoms with Crippen molar-refractivity contribution in [2.24, 2.45) is 4.99 Å². The number of aliphatic imine (C=N–C) groups is 1. The van der Waals surface area contributed by atoms with Gasteiger partial charge in [0, 0.05) is 42.4 Å². The number of nitrogens with one attached hydrogen (secondary N) is 3. The van der Waals surface area contributed by atoms with Crippen molar-refractivity contribution in [3.63, 3.8) is 0 Å². The van der Waals surface area contributed by atoms with Crippen LogP contribution in [0.3, 0.4) is 0 Å². The van der Waals surface area contributed by atoms with E-state index in [0.29, 0.717) is 28.3 Å². The van der Waals surface area contributed by atoms with Crippen LogP contribution >= 0.6 is 11.6 Å². The number of H-pyrrole nitrogens is 1. The second-order valence-corrected chi connectivity index (χ2v) is 6.79. The molecule has 4 rings (SSSR count). The molecule has 0 spiro atoms. The van der Waals surface area contributed by atoms with E-state index in [-0.39, 0.29) is 0 Å². The summed E-state index contributed by atoms with van der Waals surface area (Å²) in [5, 5.41) is 8.12. The summed E-state index contributed by atoms with van der Waals surface area (Å²) in [6, 6.07) is 6.10. The van der Waals surface area contributed by atoms with E-state index < -0.39 is 0 Å². The molecule has 7 nitrogen and oxygen atoms in total. The van der Waals surface area contributed by atoms with Crippen LogP contribution in [-0.2, 0) is 0 Å². The Bertz CT molecular complexity index is 975. The van der Waals surface area contributed by atoms with Crippen molar-refractivity contribution < 1.29 is 0 Å². The molecule has 3 aromatic rings. The minimum absolute atomic E-state index is 0.440. The highest BCUT2D eigenvalue weighted by Gasteiger charge is 2.21. The summed E-state index contributed by atoms with van der Waals surface area (Å²) in [5.74, 6) is 1.23. The number of anilines is 4. The summed E-state index contributed by atoms with van der Waals surface area (Å²) >= 11 is 6.30. The number of nitrogens with two attached hydrogens (primary N) is 1. The van der Waals surface area contributed by atoms with Crippen molar-refractivity contribution in [2.75, 3.05) is 23.4 Å². The average molecular weight is 370 g/mol. The van der Waals surface area contributed by atoms with Crippen LogP contribution in [0.2, 0.25) is 5.02 Å². The van der Waals surface area contributed by atoms with E-state index in [2.05, 4.69) is 30.6 Å². The van der Waals surface area contributed by atoms with E-state index in [1.54, 1.807) is 19.5 Å². The zero-order valence-electron chi connectivity index (χ0n) is 14.4. The van der Waals surface area contributed by atoms with Gasteiger partial charge in [0.05, 0.1) is 10.4 Å². The van der Waals surface area contributed by atoms with Gasteiger partial charge in [0.2, 0.25) is 5.95 Å². The first kappa shape index (κ1) is 16.7. The van der Waals surface area contributed by atoms with Gasteiger partial charge in [-0.25, -0.2) is 0 Å². The van der Waals surface area contributed by atoms with E-state index in [1.807, 2.05) is 18.2 Å². The fraction of sp³-hybridized carbons (Fsp3) is 0.278. The van der Waals surface area contributed by atoms with Crippen LogP contribution in [0.5, 0.6) is 0 Å². The summed E-state index contributed by atoms with van der Waals surface area (Å²) in [6.45, 7) is 0. The molecule has 1 fully saturated rings. The lowest BCUT2D eigenvalue weighted by Crippen LogP contribution is -2.27. The summed E-state index contributed by atoms with van der Waals surface area (Å²) in [7, 11) is 1.72. The van der Waals surface area contributed by atoms with Crippen molar-refractivity contribution >= 4 is 52.0 Å². The Labute approximate surface area is 156 Å². The lowest BCUT2D eigenvalue weighted by atomic mass is 9.93. The van der Waals surface area contributed by atoms with Gasteiger partial charge in [0.15, 0.2) is 0 Å². The molecule has 0 unspecified atom stereocenters. The Morgan fingerprint density at radius 3 is 2.88 bits per heavy atom. The van der Waals surface area contributed by atoms with Crippen LogP contribution in [0.4, 0.5) is 23.1 Å². The Hall–Kier alpha value is -2.80. The maximum Gasteiger partial charge on any atom is 0.231 e. The molecule has 1 aromatic carbocycles. The number of rotatable bonds is 5.